The van der Waals surface area contributed by atoms with E-state index in [-0.39, 0.29) is 0 Å². The molecule has 164 valence electrons. The van der Waals surface area contributed by atoms with E-state index in [0.29, 0.717) is 18.0 Å². The molecule has 0 unspecified atom stereocenters. The molecule has 0 bridgehead atoms. The van der Waals surface area contributed by atoms with Crippen LogP contribution in [0.1, 0.15) is 37.8 Å². The molecule has 0 saturated carbocycles. The molecular weight excluding hydrogens is 398 g/mol. The number of ether oxygens (including phenoxy) is 1. The van der Waals surface area contributed by atoms with E-state index in [2.05, 4.69) is 22.5 Å². The van der Waals surface area contributed by atoms with Gasteiger partial charge in [-0.1, -0.05) is 37.6 Å². The van der Waals surface area contributed by atoms with Crippen molar-refractivity contribution in [3.05, 3.63) is 59.7 Å². The second-order valence-electron chi connectivity index (χ2n) is 7.14. The average molecular weight is 432 g/mol. The van der Waals surface area contributed by atoms with E-state index in [0.717, 1.165) is 55.3 Å². The van der Waals surface area contributed by atoms with Gasteiger partial charge in [0.25, 0.3) is 0 Å². The average Bonchev–Trinajstić information content (AvgIpc) is 2.72. The van der Waals surface area contributed by atoms with Crippen molar-refractivity contribution in [2.75, 3.05) is 26.0 Å². The van der Waals surface area contributed by atoms with Gasteiger partial charge < -0.3 is 15.4 Å². The van der Waals surface area contributed by atoms with Gasteiger partial charge >= 0.3 is 0 Å². The summed E-state index contributed by atoms with van der Waals surface area (Å²) in [4.78, 5) is 5.00. The number of aliphatic imine (C=N–C) groups is 1. The second-order valence-corrected chi connectivity index (χ2v) is 9.15. The van der Waals surface area contributed by atoms with Gasteiger partial charge in [-0.05, 0) is 55.2 Å². The predicted molar refractivity (Wildman–Crippen MR) is 123 cm³/mol. The van der Waals surface area contributed by atoms with Crippen LogP contribution in [-0.4, -0.2) is 40.3 Å². The van der Waals surface area contributed by atoms with Gasteiger partial charge in [-0.15, -0.1) is 0 Å². The van der Waals surface area contributed by atoms with Gasteiger partial charge in [0.15, 0.2) is 15.8 Å². The molecule has 0 aromatic heterocycles. The van der Waals surface area contributed by atoms with Crippen molar-refractivity contribution in [3.8, 4) is 5.75 Å². The minimum atomic E-state index is -3.16. The summed E-state index contributed by atoms with van der Waals surface area (Å²) in [5, 5.41) is 6.58. The van der Waals surface area contributed by atoms with Gasteiger partial charge in [0, 0.05) is 19.3 Å². The zero-order valence-electron chi connectivity index (χ0n) is 18.1. The van der Waals surface area contributed by atoms with E-state index in [4.69, 9.17) is 4.74 Å². The molecule has 0 heterocycles. The van der Waals surface area contributed by atoms with E-state index in [1.54, 1.807) is 12.1 Å². The maximum Gasteiger partial charge on any atom is 0.191 e. The molecule has 0 radical (unpaired) electrons. The molecule has 6 nitrogen and oxygen atoms in total. The predicted octanol–water partition coefficient (Wildman–Crippen LogP) is 3.57. The molecule has 2 aromatic rings. The summed E-state index contributed by atoms with van der Waals surface area (Å²) in [6.45, 7) is 6.94. The number of nitrogens with one attached hydrogen (secondary N) is 2. The number of guanidine groups is 1. The first-order valence-electron chi connectivity index (χ1n) is 10.4. The molecule has 0 aliphatic heterocycles. The van der Waals surface area contributed by atoms with E-state index >= 15 is 0 Å². The smallest absolute Gasteiger partial charge is 0.191 e. The number of hydrogen-bond donors (Lipinski definition) is 2. The Morgan fingerprint density at radius 3 is 2.47 bits per heavy atom. The van der Waals surface area contributed by atoms with Crippen LogP contribution in [0.2, 0.25) is 0 Å². The first-order chi connectivity index (χ1) is 14.4. The van der Waals surface area contributed by atoms with Crippen molar-refractivity contribution >= 4 is 15.8 Å². The van der Waals surface area contributed by atoms with E-state index in [1.165, 1.54) is 6.26 Å². The van der Waals surface area contributed by atoms with Crippen LogP contribution in [0.5, 0.6) is 5.75 Å². The summed E-state index contributed by atoms with van der Waals surface area (Å²) >= 11 is 0. The van der Waals surface area contributed by atoms with Crippen LogP contribution in [0.3, 0.4) is 0 Å². The lowest BCUT2D eigenvalue weighted by Crippen LogP contribution is -2.38. The van der Waals surface area contributed by atoms with Crippen LogP contribution in [0, 0.1) is 0 Å². The van der Waals surface area contributed by atoms with Gasteiger partial charge in [0.1, 0.15) is 5.75 Å². The number of sulfone groups is 1. The van der Waals surface area contributed by atoms with Gasteiger partial charge in [-0.3, -0.25) is 0 Å². The molecule has 2 aromatic carbocycles. The normalized spacial score (nSPS) is 11.9. The van der Waals surface area contributed by atoms with Crippen LogP contribution < -0.4 is 15.4 Å². The van der Waals surface area contributed by atoms with E-state index < -0.39 is 9.84 Å². The minimum absolute atomic E-state index is 0.343. The highest BCUT2D eigenvalue weighted by Gasteiger charge is 2.06. The first kappa shape index (κ1) is 23.7. The number of unbranched alkanes of at least 4 members (excludes halogenated alkanes) is 1. The molecule has 0 atom stereocenters. The largest absolute Gasteiger partial charge is 0.494 e. The van der Waals surface area contributed by atoms with Crippen LogP contribution in [0.4, 0.5) is 0 Å². The zero-order valence-corrected chi connectivity index (χ0v) is 19.0. The summed E-state index contributed by atoms with van der Waals surface area (Å²) < 4.78 is 28.9. The van der Waals surface area contributed by atoms with Gasteiger partial charge in [0.2, 0.25) is 0 Å². The van der Waals surface area contributed by atoms with Crippen LogP contribution >= 0.6 is 0 Å². The third-order valence-corrected chi connectivity index (χ3v) is 5.62. The Morgan fingerprint density at radius 2 is 1.80 bits per heavy atom. The zero-order chi connectivity index (χ0) is 21.8. The van der Waals surface area contributed by atoms with Crippen molar-refractivity contribution in [2.45, 2.75) is 44.6 Å². The van der Waals surface area contributed by atoms with Crippen LogP contribution in [0.15, 0.2) is 58.4 Å². The minimum Gasteiger partial charge on any atom is -0.494 e. The third-order valence-electron chi connectivity index (χ3n) is 4.49. The summed E-state index contributed by atoms with van der Waals surface area (Å²) in [6, 6.07) is 15.1. The lowest BCUT2D eigenvalue weighted by atomic mass is 10.1. The van der Waals surface area contributed by atoms with Crippen LogP contribution in [-0.2, 0) is 22.8 Å². The Bertz CT molecular complexity index is 910. The van der Waals surface area contributed by atoms with Gasteiger partial charge in [0.05, 0.1) is 18.0 Å². The highest BCUT2D eigenvalue weighted by molar-refractivity contribution is 7.90. The Hall–Kier alpha value is -2.54. The SMILES string of the molecule is CCCCOc1cccc(CN=C(NCC)NCCc2ccc(S(C)(=O)=O)cc2)c1. The van der Waals surface area contributed by atoms with Crippen molar-refractivity contribution in [2.24, 2.45) is 4.99 Å². The van der Waals surface area contributed by atoms with Gasteiger partial charge in [-0.25, -0.2) is 13.4 Å². The molecule has 2 N–H and O–H groups in total. The fraction of sp³-hybridized carbons (Fsp3) is 0.435. The fourth-order valence-corrected chi connectivity index (χ4v) is 3.44. The maximum atomic E-state index is 11.6. The summed E-state index contributed by atoms with van der Waals surface area (Å²) in [6.07, 6.45) is 4.16. The molecule has 2 rings (SSSR count). The molecule has 0 aliphatic carbocycles. The monoisotopic (exact) mass is 431 g/mol. The fourth-order valence-electron chi connectivity index (χ4n) is 2.81. The highest BCUT2D eigenvalue weighted by atomic mass is 32.2. The Balaban J connectivity index is 1.89. The van der Waals surface area contributed by atoms with E-state index in [9.17, 15) is 8.42 Å². The Kier molecular flexibility index (Phi) is 9.67. The topological polar surface area (TPSA) is 79.8 Å². The van der Waals surface area contributed by atoms with Crippen molar-refractivity contribution < 1.29 is 13.2 Å². The standard InChI is InChI=1S/C23H33N3O3S/c1-4-6-16-29-21-9-7-8-20(17-21)18-26-23(24-5-2)25-15-14-19-10-12-22(13-11-19)30(3,27)28/h7-13,17H,4-6,14-16,18H2,1-3H3,(H2,24,25,26). The molecule has 0 amide bonds. The quantitative estimate of drug-likeness (QED) is 0.323. The lowest BCUT2D eigenvalue weighted by molar-refractivity contribution is 0.309. The summed E-state index contributed by atoms with van der Waals surface area (Å²) in [7, 11) is -3.16. The summed E-state index contributed by atoms with van der Waals surface area (Å²) in [5.74, 6) is 1.63. The molecule has 7 heteroatoms. The molecule has 0 fully saturated rings. The van der Waals surface area contributed by atoms with Gasteiger partial charge in [-0.2, -0.15) is 0 Å². The van der Waals surface area contributed by atoms with E-state index in [1.807, 2.05) is 43.3 Å². The third kappa shape index (κ3) is 8.45. The molecule has 0 aliphatic rings. The maximum absolute atomic E-state index is 11.6. The Morgan fingerprint density at radius 1 is 1.03 bits per heavy atom. The number of benzene rings is 2. The Labute approximate surface area is 180 Å². The molecular formula is C23H33N3O3S. The highest BCUT2D eigenvalue weighted by Crippen LogP contribution is 2.14. The van der Waals surface area contributed by atoms with Crippen LogP contribution in [0.25, 0.3) is 0 Å². The number of nitrogens with zero attached hydrogens (tertiary/aromatic N) is 1. The molecule has 30 heavy (non-hydrogen) atoms. The molecule has 0 spiro atoms. The lowest BCUT2D eigenvalue weighted by Gasteiger charge is -2.12. The molecule has 0 saturated heterocycles. The van der Waals surface area contributed by atoms with Crippen molar-refractivity contribution in [1.29, 1.82) is 0 Å². The summed E-state index contributed by atoms with van der Waals surface area (Å²) in [5.41, 5.74) is 2.17. The first-order valence-corrected chi connectivity index (χ1v) is 12.3. The second kappa shape index (κ2) is 12.2. The van der Waals surface area contributed by atoms with Crippen molar-refractivity contribution in [1.82, 2.24) is 10.6 Å². The number of hydrogen-bond acceptors (Lipinski definition) is 4. The number of rotatable bonds is 11. The van der Waals surface area contributed by atoms with Crippen molar-refractivity contribution in [3.63, 3.8) is 0 Å².